The number of hydrogen-bond acceptors (Lipinski definition) is 9. The Balaban J connectivity index is 0.000000658. The molecule has 2 aliphatic rings. The number of amidine groups is 1. The lowest BCUT2D eigenvalue weighted by atomic mass is 10.0. The first-order valence-electron chi connectivity index (χ1n) is 13.6. The van der Waals surface area contributed by atoms with Gasteiger partial charge in [-0.15, -0.1) is 0 Å². The molecule has 3 N–H and O–H groups in total. The number of hydrogen-bond donors (Lipinski definition) is 3. The Morgan fingerprint density at radius 1 is 1.26 bits per heavy atom. The number of ketones is 1. The third-order valence-corrected chi connectivity index (χ3v) is 4.89. The first-order chi connectivity index (χ1) is 18.7. The van der Waals surface area contributed by atoms with Crippen LogP contribution in [0.1, 0.15) is 60.5 Å². The second-order valence-electron chi connectivity index (χ2n) is 8.79. The maximum atomic E-state index is 11.3. The molecule has 1 aromatic carbocycles. The summed E-state index contributed by atoms with van der Waals surface area (Å²) in [7, 11) is 1.90. The van der Waals surface area contributed by atoms with Gasteiger partial charge in [0, 0.05) is 31.1 Å². The number of benzene rings is 1. The van der Waals surface area contributed by atoms with Gasteiger partial charge in [0.1, 0.15) is 6.10 Å². The summed E-state index contributed by atoms with van der Waals surface area (Å²) in [6.07, 6.45) is 5.41. The lowest BCUT2D eigenvalue weighted by Crippen LogP contribution is -2.41. The number of allylic oxidation sites excluding steroid dienone is 1. The highest BCUT2D eigenvalue weighted by molar-refractivity contribution is 6.04. The Labute approximate surface area is 235 Å². The van der Waals surface area contributed by atoms with Crippen LogP contribution in [0.5, 0.6) is 0 Å². The third-order valence-electron chi connectivity index (χ3n) is 4.89. The van der Waals surface area contributed by atoms with Gasteiger partial charge in [-0.1, -0.05) is 77.4 Å². The molecule has 2 aliphatic heterocycles. The highest BCUT2D eigenvalue weighted by Crippen LogP contribution is 2.09. The molecule has 0 aromatic heterocycles. The number of aliphatic hydroxyl groups is 1. The first-order valence-corrected chi connectivity index (χ1v) is 13.6. The van der Waals surface area contributed by atoms with Gasteiger partial charge in [0.15, 0.2) is 11.6 Å². The minimum Gasteiger partial charge on any atom is -0.388 e. The van der Waals surface area contributed by atoms with Gasteiger partial charge in [0.25, 0.3) is 0 Å². The van der Waals surface area contributed by atoms with Crippen LogP contribution in [0, 0.1) is 17.9 Å². The second kappa shape index (κ2) is 20.6. The van der Waals surface area contributed by atoms with Crippen LogP contribution in [-0.4, -0.2) is 78.7 Å². The van der Waals surface area contributed by atoms with Crippen molar-refractivity contribution in [3.63, 3.8) is 0 Å². The van der Waals surface area contributed by atoms with Crippen LogP contribution in [-0.2, 0) is 9.53 Å². The van der Waals surface area contributed by atoms with E-state index in [2.05, 4.69) is 44.5 Å². The van der Waals surface area contributed by atoms with Gasteiger partial charge in [-0.3, -0.25) is 20.2 Å². The van der Waals surface area contributed by atoms with E-state index in [0.717, 1.165) is 17.9 Å². The van der Waals surface area contributed by atoms with Gasteiger partial charge < -0.3 is 9.84 Å². The summed E-state index contributed by atoms with van der Waals surface area (Å²) in [5.74, 6) is 3.27. The Morgan fingerprint density at radius 3 is 2.41 bits per heavy atom. The fourth-order valence-corrected chi connectivity index (χ4v) is 3.00. The van der Waals surface area contributed by atoms with Crippen molar-refractivity contribution in [2.45, 2.75) is 72.6 Å². The summed E-state index contributed by atoms with van der Waals surface area (Å²) in [4.78, 5) is 20.0. The quantitative estimate of drug-likeness (QED) is 0.190. The van der Waals surface area contributed by atoms with E-state index < -0.39 is 5.60 Å². The summed E-state index contributed by atoms with van der Waals surface area (Å²) < 4.78 is 5.53. The molecule has 3 unspecified atom stereocenters. The molecule has 0 radical (unpaired) electrons. The molecule has 0 spiro atoms. The van der Waals surface area contributed by atoms with Crippen LogP contribution in [0.25, 0.3) is 0 Å². The van der Waals surface area contributed by atoms with Crippen molar-refractivity contribution < 1.29 is 14.6 Å². The van der Waals surface area contributed by atoms with Crippen molar-refractivity contribution in [1.29, 1.82) is 0 Å². The monoisotopic (exact) mass is 540 g/mol. The molecule has 0 fully saturated rings. The van der Waals surface area contributed by atoms with Crippen molar-refractivity contribution in [3.05, 3.63) is 48.6 Å². The SMILES string of the molecule is C=CC(=O)C(C#CNNC1C=NN(C)C1)CC.CC.CC.CC(C)(O)COC1C=NC(c2ccccc2)=NC1. The number of hydrazone groups is 1. The standard InChI is InChI=1S/C14H18N2O2.C12H18N4O.2C2H6/c1-14(2,17)10-18-12-8-15-13(16-9-12)11-6-4-3-5-7-11;1-4-10(12(17)5-2)6-7-13-15-11-8-14-16(3)9-11;2*1-2/h3-8,12,17H,9-10H2,1-2H3;5,8,10-11,13,15H,2,4,9H2,1,3H3;2*1-2H3. The Bertz CT molecular complexity index is 974. The van der Waals surface area contributed by atoms with Gasteiger partial charge in [-0.2, -0.15) is 5.10 Å². The smallest absolute Gasteiger partial charge is 0.170 e. The number of nitrogens with zero attached hydrogens (tertiary/aromatic N) is 4. The van der Waals surface area contributed by atoms with Crippen LogP contribution in [0.3, 0.4) is 0 Å². The highest BCUT2D eigenvalue weighted by atomic mass is 16.5. The molecule has 3 atom stereocenters. The number of ether oxygens (including phenoxy) is 1. The molecule has 9 nitrogen and oxygen atoms in total. The zero-order chi connectivity index (χ0) is 29.7. The van der Waals surface area contributed by atoms with Crippen molar-refractivity contribution in [1.82, 2.24) is 15.9 Å². The number of likely N-dealkylation sites (N-methyl/N-ethyl adjacent to an activating group) is 1. The molecule has 39 heavy (non-hydrogen) atoms. The topological polar surface area (TPSA) is 111 Å². The molecule has 2 heterocycles. The van der Waals surface area contributed by atoms with Crippen molar-refractivity contribution in [3.8, 4) is 12.0 Å². The third kappa shape index (κ3) is 15.6. The minimum atomic E-state index is -0.822. The molecule has 0 amide bonds. The first kappa shape index (κ1) is 35.7. The van der Waals surface area contributed by atoms with E-state index in [-0.39, 0.29) is 30.5 Å². The molecule has 9 heteroatoms. The summed E-state index contributed by atoms with van der Waals surface area (Å²) in [5.41, 5.74) is 5.96. The zero-order valence-electron chi connectivity index (χ0n) is 24.9. The molecule has 0 bridgehead atoms. The average molecular weight is 541 g/mol. The molecule has 3 rings (SSSR count). The Morgan fingerprint density at radius 2 is 1.92 bits per heavy atom. The second-order valence-corrected chi connectivity index (χ2v) is 8.79. The molecule has 0 saturated carbocycles. The van der Waals surface area contributed by atoms with E-state index in [4.69, 9.17) is 4.74 Å². The minimum absolute atomic E-state index is 0.0380. The van der Waals surface area contributed by atoms with Crippen molar-refractivity contribution >= 4 is 24.0 Å². The number of aliphatic imine (C=N–C) groups is 2. The highest BCUT2D eigenvalue weighted by Gasteiger charge is 2.18. The molecule has 216 valence electrons. The molecule has 0 aliphatic carbocycles. The number of carbonyl (C=O) groups is 1. The number of rotatable bonds is 9. The Kier molecular flexibility index (Phi) is 18.9. The molecule has 1 aromatic rings. The lowest BCUT2D eigenvalue weighted by Gasteiger charge is -2.21. The van der Waals surface area contributed by atoms with E-state index in [1.165, 1.54) is 6.08 Å². The maximum Gasteiger partial charge on any atom is 0.170 e. The number of hydrazine groups is 1. The predicted molar refractivity (Wildman–Crippen MR) is 163 cm³/mol. The van der Waals surface area contributed by atoms with E-state index in [9.17, 15) is 9.90 Å². The fraction of sp³-hybridized carbons (Fsp3) is 0.533. The summed E-state index contributed by atoms with van der Waals surface area (Å²) in [6.45, 7) is 18.4. The van der Waals surface area contributed by atoms with E-state index in [1.54, 1.807) is 26.3 Å². The van der Waals surface area contributed by atoms with Crippen LogP contribution in [0.4, 0.5) is 0 Å². The van der Waals surface area contributed by atoms with Gasteiger partial charge in [-0.25, -0.2) is 10.4 Å². The normalized spacial score (nSPS) is 17.9. The maximum absolute atomic E-state index is 11.3. The van der Waals surface area contributed by atoms with Crippen LogP contribution < -0.4 is 10.9 Å². The predicted octanol–water partition coefficient (Wildman–Crippen LogP) is 3.85. The molecular formula is C30H48N6O3. The molecular weight excluding hydrogens is 492 g/mol. The van der Waals surface area contributed by atoms with Crippen LogP contribution in [0.15, 0.2) is 58.1 Å². The van der Waals surface area contributed by atoms with E-state index >= 15 is 0 Å². The summed E-state index contributed by atoms with van der Waals surface area (Å²) in [6, 6.07) is 12.7. The zero-order valence-corrected chi connectivity index (χ0v) is 24.9. The number of carbonyl (C=O) groups excluding carboxylic acids is 1. The van der Waals surface area contributed by atoms with E-state index in [1.807, 2.05) is 77.0 Å². The van der Waals surface area contributed by atoms with Crippen molar-refractivity contribution in [2.24, 2.45) is 21.0 Å². The fourth-order valence-electron chi connectivity index (χ4n) is 3.00. The van der Waals surface area contributed by atoms with Crippen molar-refractivity contribution in [2.75, 3.05) is 26.7 Å². The van der Waals surface area contributed by atoms with Gasteiger partial charge in [-0.05, 0) is 26.3 Å². The van der Waals surface area contributed by atoms with Crippen LogP contribution in [0.2, 0.25) is 0 Å². The average Bonchev–Trinajstić information content (AvgIpc) is 3.39. The van der Waals surface area contributed by atoms with E-state index in [0.29, 0.717) is 13.0 Å². The number of nitrogens with one attached hydrogen (secondary N) is 2. The summed E-state index contributed by atoms with van der Waals surface area (Å²) >= 11 is 0. The molecule has 0 saturated heterocycles. The lowest BCUT2D eigenvalue weighted by molar-refractivity contribution is -0.116. The summed E-state index contributed by atoms with van der Waals surface area (Å²) in [5, 5.41) is 15.5. The Hall–Kier alpha value is -3.32. The van der Waals surface area contributed by atoms with Gasteiger partial charge in [0.05, 0.1) is 37.3 Å². The van der Waals surface area contributed by atoms with Gasteiger partial charge >= 0.3 is 0 Å². The largest absolute Gasteiger partial charge is 0.388 e. The van der Waals surface area contributed by atoms with Gasteiger partial charge in [0.2, 0.25) is 0 Å². The van der Waals surface area contributed by atoms with Crippen LogP contribution >= 0.6 is 0 Å².